The van der Waals surface area contributed by atoms with Crippen molar-refractivity contribution in [2.45, 2.75) is 31.3 Å². The number of unbranched alkanes of at least 4 members (excludes halogenated alkanes) is 1. The third kappa shape index (κ3) is 4.68. The van der Waals surface area contributed by atoms with Crippen LogP contribution in [-0.2, 0) is 6.42 Å². The minimum atomic E-state index is 0.729. The summed E-state index contributed by atoms with van der Waals surface area (Å²) >= 11 is 7.73. The van der Waals surface area contributed by atoms with Gasteiger partial charge in [0.25, 0.3) is 0 Å². The van der Waals surface area contributed by atoms with Gasteiger partial charge in [-0.3, -0.25) is 0 Å². The SMILES string of the molecule is CCc1ccc(OCCCCSc2nc3ccc(Cl)cc3[nH]2)cc1. The lowest BCUT2D eigenvalue weighted by Gasteiger charge is -2.06. The molecule has 0 aliphatic heterocycles. The van der Waals surface area contributed by atoms with Gasteiger partial charge in [0.15, 0.2) is 5.16 Å². The summed E-state index contributed by atoms with van der Waals surface area (Å²) in [5, 5.41) is 1.68. The van der Waals surface area contributed by atoms with E-state index in [1.54, 1.807) is 11.8 Å². The first kappa shape index (κ1) is 17.2. The maximum Gasteiger partial charge on any atom is 0.166 e. The number of aromatic nitrogens is 2. The fourth-order valence-electron chi connectivity index (χ4n) is 2.41. The van der Waals surface area contributed by atoms with Crippen LogP contribution in [0.15, 0.2) is 47.6 Å². The Labute approximate surface area is 151 Å². The van der Waals surface area contributed by atoms with Crippen LogP contribution in [0.2, 0.25) is 5.02 Å². The summed E-state index contributed by atoms with van der Waals surface area (Å²) in [6.07, 6.45) is 3.19. The number of aromatic amines is 1. The van der Waals surface area contributed by atoms with Crippen molar-refractivity contribution in [3.05, 3.63) is 53.1 Å². The fourth-order valence-corrected chi connectivity index (χ4v) is 3.47. The number of benzene rings is 2. The number of rotatable bonds is 8. The van der Waals surface area contributed by atoms with Gasteiger partial charge in [0, 0.05) is 10.8 Å². The Hall–Kier alpha value is -1.65. The van der Waals surface area contributed by atoms with Crippen molar-refractivity contribution in [1.29, 1.82) is 0 Å². The summed E-state index contributed by atoms with van der Waals surface area (Å²) in [5.41, 5.74) is 3.29. The zero-order chi connectivity index (χ0) is 16.8. The van der Waals surface area contributed by atoms with Crippen molar-refractivity contribution in [3.8, 4) is 5.75 Å². The third-order valence-corrected chi connectivity index (χ3v) is 4.99. The lowest BCUT2D eigenvalue weighted by atomic mass is 10.2. The molecule has 126 valence electrons. The topological polar surface area (TPSA) is 37.9 Å². The lowest BCUT2D eigenvalue weighted by Crippen LogP contribution is -1.98. The van der Waals surface area contributed by atoms with Crippen molar-refractivity contribution in [2.75, 3.05) is 12.4 Å². The summed E-state index contributed by atoms with van der Waals surface area (Å²) in [5.74, 6) is 1.97. The highest BCUT2D eigenvalue weighted by Gasteiger charge is 2.03. The molecule has 24 heavy (non-hydrogen) atoms. The molecule has 5 heteroatoms. The fraction of sp³-hybridized carbons (Fsp3) is 0.316. The van der Waals surface area contributed by atoms with Crippen LogP contribution in [0, 0.1) is 0 Å². The molecule has 3 nitrogen and oxygen atoms in total. The highest BCUT2D eigenvalue weighted by molar-refractivity contribution is 7.99. The second-order valence-electron chi connectivity index (χ2n) is 5.60. The maximum atomic E-state index is 5.99. The first-order valence-electron chi connectivity index (χ1n) is 8.24. The molecule has 1 aromatic heterocycles. The molecule has 1 heterocycles. The minimum absolute atomic E-state index is 0.729. The number of halogens is 1. The van der Waals surface area contributed by atoms with E-state index >= 15 is 0 Å². The van der Waals surface area contributed by atoms with Gasteiger partial charge in [0.2, 0.25) is 0 Å². The van der Waals surface area contributed by atoms with Gasteiger partial charge in [-0.2, -0.15) is 0 Å². The van der Waals surface area contributed by atoms with Gasteiger partial charge in [-0.25, -0.2) is 4.98 Å². The van der Waals surface area contributed by atoms with Crippen LogP contribution in [0.5, 0.6) is 5.75 Å². The summed E-state index contributed by atoms with van der Waals surface area (Å²) < 4.78 is 5.77. The van der Waals surface area contributed by atoms with Gasteiger partial charge in [0.05, 0.1) is 17.6 Å². The number of nitrogens with one attached hydrogen (secondary N) is 1. The molecule has 3 aromatic rings. The number of H-pyrrole nitrogens is 1. The first-order chi connectivity index (χ1) is 11.7. The Bertz CT molecular complexity index is 786. The molecule has 0 unspecified atom stereocenters. The molecule has 3 rings (SSSR count). The Morgan fingerprint density at radius 2 is 1.96 bits per heavy atom. The van der Waals surface area contributed by atoms with Gasteiger partial charge in [-0.05, 0) is 55.2 Å². The van der Waals surface area contributed by atoms with Crippen LogP contribution in [0.3, 0.4) is 0 Å². The maximum absolute atomic E-state index is 5.99. The summed E-state index contributed by atoms with van der Waals surface area (Å²) in [7, 11) is 0. The van der Waals surface area contributed by atoms with Crippen LogP contribution in [0.4, 0.5) is 0 Å². The number of thioether (sulfide) groups is 1. The van der Waals surface area contributed by atoms with Gasteiger partial charge < -0.3 is 9.72 Å². The molecule has 0 saturated carbocycles. The average Bonchev–Trinajstić information content (AvgIpc) is 3.00. The molecular formula is C19H21ClN2OS. The molecule has 0 radical (unpaired) electrons. The molecule has 0 amide bonds. The van der Waals surface area contributed by atoms with Crippen molar-refractivity contribution in [1.82, 2.24) is 9.97 Å². The highest BCUT2D eigenvalue weighted by Crippen LogP contribution is 2.23. The molecule has 0 atom stereocenters. The third-order valence-electron chi connectivity index (χ3n) is 3.80. The Kier molecular flexibility index (Phi) is 6.05. The number of ether oxygens (including phenoxy) is 1. The van der Waals surface area contributed by atoms with Gasteiger partial charge in [-0.1, -0.05) is 42.4 Å². The number of hydrogen-bond donors (Lipinski definition) is 1. The number of aryl methyl sites for hydroxylation is 1. The van der Waals surface area contributed by atoms with Crippen molar-refractivity contribution in [2.24, 2.45) is 0 Å². The van der Waals surface area contributed by atoms with Crippen LogP contribution in [-0.4, -0.2) is 22.3 Å². The summed E-state index contributed by atoms with van der Waals surface area (Å²) in [4.78, 5) is 7.85. The van der Waals surface area contributed by atoms with Crippen molar-refractivity contribution >= 4 is 34.4 Å². The molecule has 0 bridgehead atoms. The minimum Gasteiger partial charge on any atom is -0.494 e. The molecule has 0 spiro atoms. The van der Waals surface area contributed by atoms with Crippen LogP contribution in [0.1, 0.15) is 25.3 Å². The van der Waals surface area contributed by atoms with Gasteiger partial charge in [-0.15, -0.1) is 0 Å². The Morgan fingerprint density at radius 3 is 2.75 bits per heavy atom. The van der Waals surface area contributed by atoms with Crippen LogP contribution < -0.4 is 4.74 Å². The molecule has 0 aliphatic carbocycles. The molecule has 0 saturated heterocycles. The molecule has 0 aliphatic rings. The smallest absolute Gasteiger partial charge is 0.166 e. The number of hydrogen-bond acceptors (Lipinski definition) is 3. The molecule has 0 fully saturated rings. The van der Waals surface area contributed by atoms with Crippen molar-refractivity contribution in [3.63, 3.8) is 0 Å². The monoisotopic (exact) mass is 360 g/mol. The summed E-state index contributed by atoms with van der Waals surface area (Å²) in [6.45, 7) is 2.91. The van der Waals surface area contributed by atoms with E-state index in [0.717, 1.165) is 58.6 Å². The van der Waals surface area contributed by atoms with E-state index in [1.807, 2.05) is 30.3 Å². The standard InChI is InChI=1S/C19H21ClN2OS/c1-2-14-5-8-16(9-6-14)23-11-3-4-12-24-19-21-17-10-7-15(20)13-18(17)22-19/h5-10,13H,2-4,11-12H2,1H3,(H,21,22). The predicted octanol–water partition coefficient (Wildman–Crippen LogP) is 5.73. The van der Waals surface area contributed by atoms with Gasteiger partial charge >= 0.3 is 0 Å². The number of fused-ring (bicyclic) bond motifs is 1. The van der Waals surface area contributed by atoms with Gasteiger partial charge in [0.1, 0.15) is 5.75 Å². The largest absolute Gasteiger partial charge is 0.494 e. The highest BCUT2D eigenvalue weighted by atomic mass is 35.5. The van der Waals surface area contributed by atoms with E-state index in [2.05, 4.69) is 29.0 Å². The quantitative estimate of drug-likeness (QED) is 0.411. The second-order valence-corrected chi connectivity index (χ2v) is 7.13. The van der Waals surface area contributed by atoms with Crippen LogP contribution >= 0.6 is 23.4 Å². The van der Waals surface area contributed by atoms with E-state index in [9.17, 15) is 0 Å². The van der Waals surface area contributed by atoms with E-state index in [-0.39, 0.29) is 0 Å². The molecular weight excluding hydrogens is 340 g/mol. The van der Waals surface area contributed by atoms with E-state index in [1.165, 1.54) is 5.56 Å². The lowest BCUT2D eigenvalue weighted by molar-refractivity contribution is 0.310. The molecule has 2 aromatic carbocycles. The summed E-state index contributed by atoms with van der Waals surface area (Å²) in [6, 6.07) is 14.1. The average molecular weight is 361 g/mol. The normalized spacial score (nSPS) is 11.1. The predicted molar refractivity (Wildman–Crippen MR) is 102 cm³/mol. The van der Waals surface area contributed by atoms with E-state index in [4.69, 9.17) is 16.3 Å². The van der Waals surface area contributed by atoms with E-state index in [0.29, 0.717) is 0 Å². The zero-order valence-electron chi connectivity index (χ0n) is 13.7. The second kappa shape index (κ2) is 8.45. The Balaban J connectivity index is 1.37. The number of nitrogens with zero attached hydrogens (tertiary/aromatic N) is 1. The Morgan fingerprint density at radius 1 is 1.12 bits per heavy atom. The zero-order valence-corrected chi connectivity index (χ0v) is 15.3. The first-order valence-corrected chi connectivity index (χ1v) is 9.61. The van der Waals surface area contributed by atoms with E-state index < -0.39 is 0 Å². The van der Waals surface area contributed by atoms with Crippen LogP contribution in [0.25, 0.3) is 11.0 Å². The molecule has 1 N–H and O–H groups in total. The van der Waals surface area contributed by atoms with Crippen molar-refractivity contribution < 1.29 is 4.74 Å². The number of imidazole rings is 1.